The van der Waals surface area contributed by atoms with Gasteiger partial charge in [-0.15, -0.1) is 170 Å². The number of rotatable bonds is 7. The maximum atomic E-state index is 4.53. The monoisotopic (exact) mass is 2120 g/mol. The molecule has 0 atom stereocenters. The van der Waals surface area contributed by atoms with E-state index in [1.54, 1.807) is 0 Å². The van der Waals surface area contributed by atoms with Crippen molar-refractivity contribution in [3.05, 3.63) is 342 Å². The number of aryl methyl sites for hydroxylation is 7. The summed E-state index contributed by atoms with van der Waals surface area (Å²) in [6, 6.07) is 97.1. The first-order chi connectivity index (χ1) is 43.3. The molecular weight excluding hydrogens is 2040 g/mol. The minimum Gasteiger partial charge on any atom is -0.305 e. The molecule has 0 bridgehead atoms. The molecule has 5 heterocycles. The van der Waals surface area contributed by atoms with Crippen LogP contribution in [0.1, 0.15) is 65.3 Å². The molecule has 0 fully saturated rings. The van der Waals surface area contributed by atoms with Crippen LogP contribution in [-0.4, -0.2) is 24.9 Å². The predicted molar refractivity (Wildman–Crippen MR) is 369 cm³/mol. The molecule has 0 unspecified atom stereocenters. The number of nitrogens with zero attached hydrogens (tertiary/aromatic N) is 5. The Morgan fingerprint density at radius 1 is 0.319 bits per heavy atom. The van der Waals surface area contributed by atoms with E-state index >= 15 is 0 Å². The molecule has 0 saturated carbocycles. The van der Waals surface area contributed by atoms with Crippen LogP contribution in [0.2, 0.25) is 0 Å². The zero-order valence-electron chi connectivity index (χ0n) is 53.7. The second-order valence-electron chi connectivity index (χ2n) is 23.2. The van der Waals surface area contributed by atoms with Crippen LogP contribution in [0.5, 0.6) is 0 Å². The van der Waals surface area contributed by atoms with Crippen LogP contribution in [-0.2, 0) is 119 Å². The number of hydrogen-bond donors (Lipinski definition) is 0. The van der Waals surface area contributed by atoms with Crippen molar-refractivity contribution < 1.29 is 101 Å². The van der Waals surface area contributed by atoms with E-state index < -0.39 is 0 Å². The van der Waals surface area contributed by atoms with E-state index in [1.807, 2.05) is 116 Å². The molecule has 94 heavy (non-hydrogen) atoms. The first kappa shape index (κ1) is 77.5. The second-order valence-corrected chi connectivity index (χ2v) is 23.2. The zero-order valence-corrected chi connectivity index (χ0v) is 65.7. The quantitative estimate of drug-likeness (QED) is 0.149. The van der Waals surface area contributed by atoms with Gasteiger partial charge in [0.1, 0.15) is 0 Å². The summed E-state index contributed by atoms with van der Waals surface area (Å²) in [5.74, 6) is 0. The van der Waals surface area contributed by atoms with E-state index in [0.717, 1.165) is 63.6 Å². The minimum absolute atomic E-state index is 0. The second kappa shape index (κ2) is 38.3. The van der Waals surface area contributed by atoms with Gasteiger partial charge < -0.3 is 24.9 Å². The predicted octanol–water partition coefficient (Wildman–Crippen LogP) is 20.7. The zero-order chi connectivity index (χ0) is 62.0. The van der Waals surface area contributed by atoms with E-state index in [4.69, 9.17) is 0 Å². The van der Waals surface area contributed by atoms with Gasteiger partial charge in [0.25, 0.3) is 0 Å². The SMILES string of the molecule is CC(C)(C)c1ccnc(-c2[c-]ccc(-c3ccccc3)c2)c1.Cc1c[c-]c(-c2cc(C)ccn2)cc1.Cc1c[c-]c(-c2ccccn2)cc1-c1ccccc1.Cc1c[c-]c2c(c1)CCc1cccnc1-2.Cc1ccnc(-c2[c-]ccc(-c3ccccc3)c2)c1.[Ir].[Ir].[Ir].[Ir].[Ir]. The van der Waals surface area contributed by atoms with Gasteiger partial charge in [0.05, 0.1) is 0 Å². The molecule has 5 nitrogen and oxygen atoms in total. The molecule has 14 rings (SSSR count). The topological polar surface area (TPSA) is 64.5 Å². The van der Waals surface area contributed by atoms with Gasteiger partial charge in [-0.1, -0.05) is 198 Å². The van der Waals surface area contributed by atoms with E-state index in [2.05, 4.69) is 262 Å². The average molecular weight is 2110 g/mol. The standard InChI is InChI=1S/C21H20N.2C18H14N.C14H12N.C13H12N.5Ir/c1-21(2,3)19-12-13-22-20(15-19)18-11-7-10-17(14-18)16-8-5-4-6-9-16;1-14-10-11-16(18-9-5-6-12-19-18)13-17(14)15-7-3-2-4-8-15;1-14-10-11-19-18(12-14)17-9-5-8-16(13-17)15-6-3-2-4-7-15;1-10-4-7-13-12(9-10)6-5-11-3-2-8-15-14(11)13;1-10-3-5-12(6-4-10)13-9-11(2)7-8-14-13;;;;;/h4-10,12-15H,1-3H3;2-10,12-13H,1H3;2-8,10-13H,1H3;2-4,8-9H,5-6H2,1H3;3-5,7-9H,1-2H3;;;;;/q5*-1;;;;;. The van der Waals surface area contributed by atoms with E-state index in [1.165, 1.54) is 83.5 Å². The molecular formula is C84H72Ir5N5-5. The maximum Gasteiger partial charge on any atom is 0.0163 e. The third-order valence-corrected chi connectivity index (χ3v) is 15.2. The summed E-state index contributed by atoms with van der Waals surface area (Å²) in [7, 11) is 0. The van der Waals surface area contributed by atoms with Crippen LogP contribution in [0, 0.1) is 65.0 Å². The fraction of sp³-hybridized carbons (Fsp3) is 0.131. The van der Waals surface area contributed by atoms with Crippen LogP contribution in [0.3, 0.4) is 0 Å². The Labute approximate surface area is 625 Å². The first-order valence-corrected chi connectivity index (χ1v) is 30.2. The molecule has 0 amide bonds. The summed E-state index contributed by atoms with van der Waals surface area (Å²) in [5, 5.41) is 0. The Hall–Kier alpha value is -7.24. The number of benzene rings is 8. The van der Waals surface area contributed by atoms with E-state index in [-0.39, 0.29) is 106 Å². The smallest absolute Gasteiger partial charge is 0.0163 e. The maximum absolute atomic E-state index is 4.53. The molecule has 5 radical (unpaired) electrons. The Kier molecular flexibility index (Phi) is 31.6. The molecule has 13 aromatic rings. The number of pyridine rings is 5. The summed E-state index contributed by atoms with van der Waals surface area (Å²) < 4.78 is 0. The third kappa shape index (κ3) is 21.9. The third-order valence-electron chi connectivity index (χ3n) is 15.2. The molecule has 5 aromatic heterocycles. The molecule has 8 aromatic carbocycles. The molecule has 10 heteroatoms. The van der Waals surface area contributed by atoms with Crippen molar-refractivity contribution in [3.8, 4) is 89.7 Å². The number of fused-ring (bicyclic) bond motifs is 3. The van der Waals surface area contributed by atoms with Gasteiger partial charge in [-0.3, -0.25) is 0 Å². The van der Waals surface area contributed by atoms with Gasteiger partial charge in [0.15, 0.2) is 0 Å². The normalized spacial score (nSPS) is 10.5. The Morgan fingerprint density at radius 3 is 1.35 bits per heavy atom. The minimum atomic E-state index is 0. The molecule has 1 aliphatic rings. The average Bonchev–Trinajstić information content (AvgIpc) is 0.824. The molecule has 0 aliphatic heterocycles. The summed E-state index contributed by atoms with van der Waals surface area (Å²) in [6.07, 6.45) is 11.5. The van der Waals surface area contributed by atoms with Crippen LogP contribution >= 0.6 is 0 Å². The first-order valence-electron chi connectivity index (χ1n) is 30.2. The van der Waals surface area contributed by atoms with Gasteiger partial charge in [-0.25, -0.2) is 0 Å². The summed E-state index contributed by atoms with van der Waals surface area (Å²) in [6.45, 7) is 17.1. The fourth-order valence-corrected chi connectivity index (χ4v) is 10.3. The molecule has 0 spiro atoms. The van der Waals surface area contributed by atoms with Crippen LogP contribution in [0.4, 0.5) is 0 Å². The Balaban J connectivity index is 0.000000212. The number of hydrogen-bond acceptors (Lipinski definition) is 5. The van der Waals surface area contributed by atoms with Gasteiger partial charge in [-0.05, 0) is 107 Å². The summed E-state index contributed by atoms with van der Waals surface area (Å²) in [4.78, 5) is 22.1. The van der Waals surface area contributed by atoms with Gasteiger partial charge >= 0.3 is 0 Å². The van der Waals surface area contributed by atoms with E-state index in [9.17, 15) is 0 Å². The Bertz CT molecular complexity index is 4410. The van der Waals surface area contributed by atoms with E-state index in [0.29, 0.717) is 0 Å². The molecule has 0 N–H and O–H groups in total. The van der Waals surface area contributed by atoms with Crippen molar-refractivity contribution in [2.24, 2.45) is 0 Å². The van der Waals surface area contributed by atoms with Gasteiger partial charge in [0, 0.05) is 132 Å². The van der Waals surface area contributed by atoms with Crippen LogP contribution in [0.25, 0.3) is 89.7 Å². The van der Waals surface area contributed by atoms with Crippen LogP contribution in [0.15, 0.2) is 268 Å². The van der Waals surface area contributed by atoms with Crippen molar-refractivity contribution in [1.82, 2.24) is 24.9 Å². The van der Waals surface area contributed by atoms with Crippen molar-refractivity contribution in [2.45, 2.75) is 73.6 Å². The Morgan fingerprint density at radius 2 is 0.809 bits per heavy atom. The molecule has 0 saturated heterocycles. The van der Waals surface area contributed by atoms with Gasteiger partial charge in [0.2, 0.25) is 0 Å². The summed E-state index contributed by atoms with van der Waals surface area (Å²) >= 11 is 0. The largest absolute Gasteiger partial charge is 0.305 e. The van der Waals surface area contributed by atoms with Crippen molar-refractivity contribution in [3.63, 3.8) is 0 Å². The molecule has 483 valence electrons. The number of aromatic nitrogens is 5. The van der Waals surface area contributed by atoms with Crippen molar-refractivity contribution >= 4 is 0 Å². The van der Waals surface area contributed by atoms with Gasteiger partial charge in [-0.2, -0.15) is 0 Å². The van der Waals surface area contributed by atoms with Crippen LogP contribution < -0.4 is 0 Å². The van der Waals surface area contributed by atoms with Crippen molar-refractivity contribution in [1.29, 1.82) is 0 Å². The molecule has 1 aliphatic carbocycles. The summed E-state index contributed by atoms with van der Waals surface area (Å²) in [5.41, 5.74) is 28.0. The fourth-order valence-electron chi connectivity index (χ4n) is 10.3. The van der Waals surface area contributed by atoms with Crippen molar-refractivity contribution in [2.75, 3.05) is 0 Å².